The van der Waals surface area contributed by atoms with E-state index in [-0.39, 0.29) is 17.3 Å². The zero-order valence-electron chi connectivity index (χ0n) is 20.1. The van der Waals surface area contributed by atoms with Crippen LogP contribution in [0.3, 0.4) is 0 Å². The quantitative estimate of drug-likeness (QED) is 0.586. The second-order valence-corrected chi connectivity index (χ2v) is 12.4. The fraction of sp³-hybridized carbons (Fsp3) is 0.680. The fourth-order valence-corrected chi connectivity index (χ4v) is 6.28. The summed E-state index contributed by atoms with van der Waals surface area (Å²) in [5.74, 6) is -0.188. The number of nitrogens with one attached hydrogen (secondary N) is 1. The molecule has 0 aliphatic heterocycles. The molecule has 1 aromatic rings. The molecule has 32 heavy (non-hydrogen) atoms. The molecule has 0 aromatic heterocycles. The Kier molecular flexibility index (Phi) is 7.69. The minimum Gasteiger partial charge on any atom is -0.444 e. The molecule has 178 valence electrons. The molecule has 0 radical (unpaired) electrons. The van der Waals surface area contributed by atoms with E-state index in [2.05, 4.69) is 6.07 Å². The molecular weight excluding hydrogens is 424 g/mol. The number of amides is 1. The molecule has 0 bridgehead atoms. The van der Waals surface area contributed by atoms with Gasteiger partial charge in [-0.2, -0.15) is 0 Å². The van der Waals surface area contributed by atoms with Crippen LogP contribution in [0.15, 0.2) is 6.07 Å². The number of fused-ring (bicyclic) bond motifs is 2. The van der Waals surface area contributed by atoms with E-state index in [0.29, 0.717) is 25.9 Å². The molecular formula is C25H38N2O4S. The van der Waals surface area contributed by atoms with Crippen LogP contribution >= 0.6 is 0 Å². The zero-order valence-corrected chi connectivity index (χ0v) is 20.9. The standard InChI is InChI=1S/C25H38N2O4S/c1-5-27(24(29)31-25(2,3)4)13-8-14-32(26,30)17-20(28)16-23-21-11-6-9-18(21)15-19-10-7-12-22(19)23/h15,26H,5-14,16-17H2,1-4H3. The maximum atomic E-state index is 12.9. The van der Waals surface area contributed by atoms with Gasteiger partial charge >= 0.3 is 6.09 Å². The number of carbonyl (C=O) groups excluding carboxylic acids is 2. The van der Waals surface area contributed by atoms with Crippen LogP contribution in [0.4, 0.5) is 4.79 Å². The zero-order chi connectivity index (χ0) is 23.5. The summed E-state index contributed by atoms with van der Waals surface area (Å²) in [6.07, 6.45) is 6.83. The van der Waals surface area contributed by atoms with Crippen LogP contribution in [-0.4, -0.2) is 51.2 Å². The molecule has 0 heterocycles. The maximum Gasteiger partial charge on any atom is 0.410 e. The highest BCUT2D eigenvalue weighted by Gasteiger charge is 2.26. The Morgan fingerprint density at radius 2 is 1.69 bits per heavy atom. The van der Waals surface area contributed by atoms with Crippen LogP contribution < -0.4 is 0 Å². The predicted molar refractivity (Wildman–Crippen MR) is 128 cm³/mol. The van der Waals surface area contributed by atoms with Gasteiger partial charge in [0.2, 0.25) is 0 Å². The number of carbonyl (C=O) groups is 2. The first kappa shape index (κ1) is 24.7. The number of aryl methyl sites for hydroxylation is 2. The third-order valence-corrected chi connectivity index (χ3v) is 8.04. The van der Waals surface area contributed by atoms with Gasteiger partial charge in [0.15, 0.2) is 5.78 Å². The normalized spacial score (nSPS) is 16.9. The third kappa shape index (κ3) is 6.33. The number of benzene rings is 1. The Bertz CT molecular complexity index is 944. The van der Waals surface area contributed by atoms with Crippen molar-refractivity contribution in [2.24, 2.45) is 0 Å². The SMILES string of the molecule is CCN(CCCS(=N)(=O)CC(=O)Cc1c2c(cc3c1CCC3)CCC2)C(=O)OC(C)(C)C. The highest BCUT2D eigenvalue weighted by atomic mass is 32.2. The Labute approximate surface area is 193 Å². The van der Waals surface area contributed by atoms with E-state index >= 15 is 0 Å². The molecule has 2 aliphatic carbocycles. The van der Waals surface area contributed by atoms with Crippen LogP contribution in [0.1, 0.15) is 74.8 Å². The minimum absolute atomic E-state index is 0.0983. The van der Waals surface area contributed by atoms with E-state index in [9.17, 15) is 13.8 Å². The third-order valence-electron chi connectivity index (χ3n) is 6.30. The summed E-state index contributed by atoms with van der Waals surface area (Å²) in [7, 11) is -3.02. The van der Waals surface area contributed by atoms with Crippen LogP contribution in [0, 0.1) is 4.78 Å². The Morgan fingerprint density at radius 1 is 1.09 bits per heavy atom. The molecule has 0 fully saturated rings. The number of nitrogens with zero attached hydrogens (tertiary/aromatic N) is 1. The minimum atomic E-state index is -3.02. The van der Waals surface area contributed by atoms with Crippen molar-refractivity contribution >= 4 is 21.6 Å². The molecule has 0 saturated heterocycles. The van der Waals surface area contributed by atoms with Crippen molar-refractivity contribution in [2.45, 2.75) is 84.7 Å². The highest BCUT2D eigenvalue weighted by Crippen LogP contribution is 2.35. The van der Waals surface area contributed by atoms with E-state index in [0.717, 1.165) is 38.5 Å². The van der Waals surface area contributed by atoms with Gasteiger partial charge in [0.05, 0.1) is 15.5 Å². The van der Waals surface area contributed by atoms with Gasteiger partial charge < -0.3 is 9.64 Å². The van der Waals surface area contributed by atoms with Gasteiger partial charge in [0, 0.05) is 25.3 Å². The molecule has 0 saturated carbocycles. The van der Waals surface area contributed by atoms with Crippen LogP contribution in [0.5, 0.6) is 0 Å². The summed E-state index contributed by atoms with van der Waals surface area (Å²) >= 11 is 0. The lowest BCUT2D eigenvalue weighted by Crippen LogP contribution is -2.37. The van der Waals surface area contributed by atoms with E-state index in [1.807, 2.05) is 27.7 Å². The molecule has 1 N–H and O–H groups in total. The van der Waals surface area contributed by atoms with Crippen molar-refractivity contribution in [2.75, 3.05) is 24.6 Å². The largest absolute Gasteiger partial charge is 0.444 e. The van der Waals surface area contributed by atoms with Gasteiger partial charge in [0.25, 0.3) is 0 Å². The van der Waals surface area contributed by atoms with Crippen LogP contribution in [0.2, 0.25) is 0 Å². The average Bonchev–Trinajstić information content (AvgIpc) is 3.32. The number of hydrogen-bond acceptors (Lipinski definition) is 5. The molecule has 1 aromatic carbocycles. The molecule has 6 nitrogen and oxygen atoms in total. The highest BCUT2D eigenvalue weighted by molar-refractivity contribution is 7.93. The Hall–Kier alpha value is -1.89. The smallest absolute Gasteiger partial charge is 0.410 e. The first-order valence-corrected chi connectivity index (χ1v) is 13.8. The lowest BCUT2D eigenvalue weighted by molar-refractivity contribution is -0.116. The average molecular weight is 463 g/mol. The summed E-state index contributed by atoms with van der Waals surface area (Å²) in [4.78, 5) is 26.7. The van der Waals surface area contributed by atoms with E-state index in [1.54, 1.807) is 4.90 Å². The monoisotopic (exact) mass is 462 g/mol. The first-order valence-electron chi connectivity index (χ1n) is 11.9. The van der Waals surface area contributed by atoms with Crippen molar-refractivity contribution in [1.29, 1.82) is 4.78 Å². The van der Waals surface area contributed by atoms with Crippen LogP contribution in [0.25, 0.3) is 0 Å². The number of ether oxygens (including phenoxy) is 1. The van der Waals surface area contributed by atoms with E-state index < -0.39 is 21.4 Å². The van der Waals surface area contributed by atoms with Gasteiger partial charge in [0.1, 0.15) is 5.60 Å². The predicted octanol–water partition coefficient (Wildman–Crippen LogP) is 4.47. The van der Waals surface area contributed by atoms with Gasteiger partial charge in [-0.15, -0.1) is 0 Å². The van der Waals surface area contributed by atoms with Crippen LogP contribution in [-0.2, 0) is 51.4 Å². The Morgan fingerprint density at radius 3 is 2.22 bits per heavy atom. The van der Waals surface area contributed by atoms with Gasteiger partial charge in [-0.05, 0) is 100 Å². The Balaban J connectivity index is 1.56. The van der Waals surface area contributed by atoms with Crippen molar-refractivity contribution < 1.29 is 18.5 Å². The number of hydrogen-bond donors (Lipinski definition) is 1. The van der Waals surface area contributed by atoms with Crippen molar-refractivity contribution in [3.63, 3.8) is 0 Å². The van der Waals surface area contributed by atoms with Gasteiger partial charge in [-0.3, -0.25) is 9.57 Å². The van der Waals surface area contributed by atoms with Crippen molar-refractivity contribution in [1.82, 2.24) is 4.90 Å². The molecule has 3 rings (SSSR count). The summed E-state index contributed by atoms with van der Waals surface area (Å²) in [5.41, 5.74) is 6.06. The van der Waals surface area contributed by atoms with E-state index in [1.165, 1.54) is 27.8 Å². The van der Waals surface area contributed by atoms with Gasteiger partial charge in [-0.25, -0.2) is 9.00 Å². The molecule has 2 aliphatic rings. The molecule has 1 unspecified atom stereocenters. The topological polar surface area (TPSA) is 87.5 Å². The number of ketones is 1. The number of Topliss-reactive ketones (excluding diaryl/α,β-unsaturated/α-hetero) is 1. The van der Waals surface area contributed by atoms with E-state index in [4.69, 9.17) is 9.52 Å². The summed E-state index contributed by atoms with van der Waals surface area (Å²) in [6, 6.07) is 2.34. The molecule has 0 spiro atoms. The second kappa shape index (κ2) is 9.94. The second-order valence-electron chi connectivity index (χ2n) is 10.1. The summed E-state index contributed by atoms with van der Waals surface area (Å²) in [5, 5.41) is 0. The maximum absolute atomic E-state index is 12.9. The summed E-state index contributed by atoms with van der Waals surface area (Å²) < 4.78 is 26.5. The summed E-state index contributed by atoms with van der Waals surface area (Å²) in [6.45, 7) is 8.17. The first-order chi connectivity index (χ1) is 15.0. The number of rotatable bonds is 9. The molecule has 7 heteroatoms. The lowest BCUT2D eigenvalue weighted by Gasteiger charge is -2.26. The van der Waals surface area contributed by atoms with Crippen molar-refractivity contribution in [3.8, 4) is 0 Å². The molecule has 1 atom stereocenters. The lowest BCUT2D eigenvalue weighted by atomic mass is 9.91. The fourth-order valence-electron chi connectivity index (χ4n) is 4.92. The van der Waals surface area contributed by atoms with Crippen molar-refractivity contribution in [3.05, 3.63) is 33.9 Å². The van der Waals surface area contributed by atoms with Gasteiger partial charge in [-0.1, -0.05) is 6.07 Å². The molecule has 1 amide bonds.